The Morgan fingerprint density at radius 3 is 2.50 bits per heavy atom. The van der Waals surface area contributed by atoms with Crippen LogP contribution in [0, 0.1) is 0 Å². The Morgan fingerprint density at radius 2 is 1.95 bits per heavy atom. The number of ether oxygens (including phenoxy) is 2. The van der Waals surface area contributed by atoms with Gasteiger partial charge in [0.2, 0.25) is 0 Å². The van der Waals surface area contributed by atoms with Gasteiger partial charge in [0.25, 0.3) is 0 Å². The van der Waals surface area contributed by atoms with Gasteiger partial charge in [-0.1, -0.05) is 0 Å². The fraction of sp³-hybridized carbons (Fsp3) is 0.571. The molecule has 1 N–H and O–H groups in total. The molecule has 8 heteroatoms. The summed E-state index contributed by atoms with van der Waals surface area (Å²) in [6.45, 7) is 1.92. The zero-order valence-electron chi connectivity index (χ0n) is 12.1. The molecule has 1 aliphatic heterocycles. The molecule has 2 rings (SSSR count). The van der Waals surface area contributed by atoms with Crippen LogP contribution in [0.25, 0.3) is 0 Å². The number of rotatable bonds is 5. The summed E-state index contributed by atoms with van der Waals surface area (Å²) in [5.41, 5.74) is 0.355. The number of hydrogen-bond donors (Lipinski definition) is 1. The van der Waals surface area contributed by atoms with E-state index in [0.717, 1.165) is 6.07 Å². The van der Waals surface area contributed by atoms with Crippen molar-refractivity contribution in [3.05, 3.63) is 23.8 Å². The first-order valence-corrected chi connectivity index (χ1v) is 6.89. The summed E-state index contributed by atoms with van der Waals surface area (Å²) in [4.78, 5) is 1.88. The van der Waals surface area contributed by atoms with Gasteiger partial charge in [0, 0.05) is 31.7 Å². The second-order valence-corrected chi connectivity index (χ2v) is 4.91. The summed E-state index contributed by atoms with van der Waals surface area (Å²) in [6.07, 6.45) is -4.79. The van der Waals surface area contributed by atoms with E-state index in [9.17, 15) is 17.6 Å². The minimum absolute atomic E-state index is 0.343. The van der Waals surface area contributed by atoms with E-state index in [1.807, 2.05) is 4.90 Å². The summed E-state index contributed by atoms with van der Waals surface area (Å²) >= 11 is 0. The summed E-state index contributed by atoms with van der Waals surface area (Å²) in [6, 6.07) is 3.05. The van der Waals surface area contributed by atoms with E-state index in [-0.39, 0.29) is 5.75 Å². The van der Waals surface area contributed by atoms with Crippen molar-refractivity contribution in [3.8, 4) is 11.5 Å². The molecular formula is C14H18F4N2O2. The average molecular weight is 322 g/mol. The Kier molecular flexibility index (Phi) is 5.47. The van der Waals surface area contributed by atoms with Crippen molar-refractivity contribution in [2.75, 3.05) is 40.0 Å². The summed E-state index contributed by atoms with van der Waals surface area (Å²) in [5.74, 6) is -0.0346. The van der Waals surface area contributed by atoms with Crippen LogP contribution < -0.4 is 14.8 Å². The molecule has 1 aromatic rings. The third-order valence-corrected chi connectivity index (χ3v) is 3.53. The molecule has 0 amide bonds. The first-order valence-electron chi connectivity index (χ1n) is 6.89. The second-order valence-electron chi connectivity index (χ2n) is 4.91. The molecule has 1 atom stereocenters. The molecule has 1 aromatic carbocycles. The van der Waals surface area contributed by atoms with Gasteiger partial charge in [-0.2, -0.15) is 0 Å². The highest BCUT2D eigenvalue weighted by molar-refractivity contribution is 5.42. The quantitative estimate of drug-likeness (QED) is 0.845. The third-order valence-electron chi connectivity index (χ3n) is 3.53. The lowest BCUT2D eigenvalue weighted by atomic mass is 10.0. The Labute approximate surface area is 126 Å². The molecule has 0 unspecified atom stereocenters. The Bertz CT molecular complexity index is 490. The van der Waals surface area contributed by atoms with Crippen molar-refractivity contribution in [2.45, 2.75) is 12.4 Å². The van der Waals surface area contributed by atoms with E-state index in [2.05, 4.69) is 10.1 Å². The van der Waals surface area contributed by atoms with Crippen LogP contribution in [0.15, 0.2) is 18.2 Å². The maximum atomic E-state index is 13.5. The standard InChI is InChI=1S/C14H18F4N2O2/c1-21-13-3-2-10(22-14(16,17)18)8-11(13)12(9-15)20-6-4-19-5-7-20/h2-3,8,12,19H,4-7,9H2,1H3/t12-/m1/s1. The molecule has 22 heavy (non-hydrogen) atoms. The molecule has 4 nitrogen and oxygen atoms in total. The van der Waals surface area contributed by atoms with Gasteiger partial charge in [-0.3, -0.25) is 4.90 Å². The van der Waals surface area contributed by atoms with Crippen molar-refractivity contribution in [1.82, 2.24) is 10.2 Å². The molecule has 0 bridgehead atoms. The van der Waals surface area contributed by atoms with Gasteiger partial charge in [-0.25, -0.2) is 4.39 Å². The molecule has 0 spiro atoms. The van der Waals surface area contributed by atoms with Crippen LogP contribution in [0.4, 0.5) is 17.6 Å². The van der Waals surface area contributed by atoms with Crippen molar-refractivity contribution in [3.63, 3.8) is 0 Å². The first-order chi connectivity index (χ1) is 10.4. The topological polar surface area (TPSA) is 33.7 Å². The van der Waals surface area contributed by atoms with Crippen LogP contribution in [-0.2, 0) is 0 Å². The lowest BCUT2D eigenvalue weighted by Gasteiger charge is -2.34. The predicted molar refractivity (Wildman–Crippen MR) is 72.8 cm³/mol. The van der Waals surface area contributed by atoms with Crippen molar-refractivity contribution < 1.29 is 27.0 Å². The lowest BCUT2D eigenvalue weighted by molar-refractivity contribution is -0.274. The number of hydrogen-bond acceptors (Lipinski definition) is 4. The largest absolute Gasteiger partial charge is 0.573 e. The van der Waals surface area contributed by atoms with Gasteiger partial charge in [0.1, 0.15) is 18.2 Å². The minimum atomic E-state index is -4.79. The smallest absolute Gasteiger partial charge is 0.496 e. The summed E-state index contributed by atoms with van der Waals surface area (Å²) in [5, 5.41) is 3.15. The Morgan fingerprint density at radius 1 is 1.27 bits per heavy atom. The molecule has 1 saturated heterocycles. The molecule has 0 saturated carbocycles. The molecule has 1 aliphatic rings. The molecule has 0 aromatic heterocycles. The molecule has 0 aliphatic carbocycles. The second kappa shape index (κ2) is 7.15. The van der Waals surface area contributed by atoms with Gasteiger partial charge in [-0.05, 0) is 18.2 Å². The fourth-order valence-corrected chi connectivity index (χ4v) is 2.54. The van der Waals surface area contributed by atoms with Crippen molar-refractivity contribution in [1.29, 1.82) is 0 Å². The van der Waals surface area contributed by atoms with E-state index >= 15 is 0 Å². The first kappa shape index (κ1) is 16.8. The highest BCUT2D eigenvalue weighted by Crippen LogP contribution is 2.35. The number of nitrogens with one attached hydrogen (secondary N) is 1. The van der Waals surface area contributed by atoms with Crippen LogP contribution in [-0.4, -0.2) is 51.2 Å². The van der Waals surface area contributed by atoms with Crippen LogP contribution in [0.1, 0.15) is 11.6 Å². The molecule has 1 fully saturated rings. The highest BCUT2D eigenvalue weighted by Gasteiger charge is 2.32. The third kappa shape index (κ3) is 4.23. The zero-order chi connectivity index (χ0) is 16.2. The maximum Gasteiger partial charge on any atom is 0.573 e. The Balaban J connectivity index is 2.30. The van der Waals surface area contributed by atoms with Crippen LogP contribution in [0.2, 0.25) is 0 Å². The maximum absolute atomic E-state index is 13.5. The molecule has 124 valence electrons. The van der Waals surface area contributed by atoms with Gasteiger partial charge in [-0.15, -0.1) is 13.2 Å². The average Bonchev–Trinajstić information content (AvgIpc) is 2.48. The fourth-order valence-electron chi connectivity index (χ4n) is 2.54. The number of halogens is 4. The Hall–Kier alpha value is -1.54. The van der Waals surface area contributed by atoms with Gasteiger partial charge < -0.3 is 14.8 Å². The van der Waals surface area contributed by atoms with E-state index < -0.39 is 19.1 Å². The predicted octanol–water partition coefficient (Wildman–Crippen LogP) is 2.51. The highest BCUT2D eigenvalue weighted by atomic mass is 19.4. The lowest BCUT2D eigenvalue weighted by Crippen LogP contribution is -2.45. The molecule has 1 heterocycles. The number of alkyl halides is 4. The zero-order valence-corrected chi connectivity index (χ0v) is 12.1. The SMILES string of the molecule is COc1ccc(OC(F)(F)F)cc1[C@@H](CF)N1CCNCC1. The van der Waals surface area contributed by atoms with Crippen molar-refractivity contribution >= 4 is 0 Å². The van der Waals surface area contributed by atoms with Gasteiger partial charge in [0.15, 0.2) is 0 Å². The number of piperazine rings is 1. The van der Waals surface area contributed by atoms with Crippen LogP contribution >= 0.6 is 0 Å². The van der Waals surface area contributed by atoms with E-state index in [1.165, 1.54) is 19.2 Å². The minimum Gasteiger partial charge on any atom is -0.496 e. The van der Waals surface area contributed by atoms with Gasteiger partial charge >= 0.3 is 6.36 Å². The number of benzene rings is 1. The van der Waals surface area contributed by atoms with Crippen LogP contribution in [0.5, 0.6) is 11.5 Å². The summed E-state index contributed by atoms with van der Waals surface area (Å²) in [7, 11) is 1.40. The van der Waals surface area contributed by atoms with E-state index in [0.29, 0.717) is 37.5 Å². The monoisotopic (exact) mass is 322 g/mol. The summed E-state index contributed by atoms with van der Waals surface area (Å²) < 4.78 is 59.6. The van der Waals surface area contributed by atoms with Crippen LogP contribution in [0.3, 0.4) is 0 Å². The molecule has 0 radical (unpaired) electrons. The normalized spacial score (nSPS) is 18.0. The molecular weight excluding hydrogens is 304 g/mol. The van der Waals surface area contributed by atoms with Gasteiger partial charge in [0.05, 0.1) is 13.2 Å². The number of nitrogens with zero attached hydrogens (tertiary/aromatic N) is 1. The van der Waals surface area contributed by atoms with Crippen molar-refractivity contribution in [2.24, 2.45) is 0 Å². The van der Waals surface area contributed by atoms with E-state index in [1.54, 1.807) is 0 Å². The number of methoxy groups -OCH3 is 1. The van der Waals surface area contributed by atoms with E-state index in [4.69, 9.17) is 4.74 Å².